The van der Waals surface area contributed by atoms with Crippen LogP contribution in [-0.2, 0) is 14.3 Å². The zero-order chi connectivity index (χ0) is 13.4. The summed E-state index contributed by atoms with van der Waals surface area (Å²) < 4.78 is 9.86. The Morgan fingerprint density at radius 2 is 1.83 bits per heavy atom. The van der Waals surface area contributed by atoms with Crippen LogP contribution in [0.3, 0.4) is 0 Å². The van der Waals surface area contributed by atoms with E-state index < -0.39 is 11.9 Å². The molecule has 0 amide bonds. The average Bonchev–Trinajstić information content (AvgIpc) is 2.36. The van der Waals surface area contributed by atoms with E-state index in [0.29, 0.717) is 17.4 Å². The first-order valence-corrected chi connectivity index (χ1v) is 6.12. The maximum atomic E-state index is 11.5. The van der Waals surface area contributed by atoms with Crippen LogP contribution in [0.2, 0.25) is 5.02 Å². The fourth-order valence-electron chi connectivity index (χ4n) is 1.19. The van der Waals surface area contributed by atoms with Gasteiger partial charge in [-0.3, -0.25) is 9.59 Å². The number of carbonyl (C=O) groups is 2. The first kappa shape index (κ1) is 14.5. The van der Waals surface area contributed by atoms with Gasteiger partial charge in [0.05, 0.1) is 24.5 Å². The number of rotatable bonds is 6. The molecule has 0 saturated carbocycles. The van der Waals surface area contributed by atoms with Gasteiger partial charge in [-0.05, 0) is 18.6 Å². The predicted molar refractivity (Wildman–Crippen MR) is 67.6 cm³/mol. The zero-order valence-electron chi connectivity index (χ0n) is 10.1. The lowest BCUT2D eigenvalue weighted by Gasteiger charge is -2.06. The molecule has 0 aliphatic rings. The molecular weight excluding hydrogens is 256 g/mol. The minimum absolute atomic E-state index is 0.0171. The normalized spacial score (nSPS) is 9.89. The van der Waals surface area contributed by atoms with E-state index in [1.807, 2.05) is 6.92 Å². The summed E-state index contributed by atoms with van der Waals surface area (Å²) in [5.41, 5.74) is 0. The number of carbonyl (C=O) groups excluding carboxylic acids is 2. The van der Waals surface area contributed by atoms with E-state index in [0.717, 1.165) is 6.42 Å². The van der Waals surface area contributed by atoms with Crippen molar-refractivity contribution in [1.29, 1.82) is 0 Å². The van der Waals surface area contributed by atoms with E-state index in [2.05, 4.69) is 0 Å². The van der Waals surface area contributed by atoms with Gasteiger partial charge in [0.2, 0.25) is 0 Å². The maximum Gasteiger partial charge on any atom is 0.311 e. The van der Waals surface area contributed by atoms with Gasteiger partial charge in [0.15, 0.2) is 0 Å². The minimum atomic E-state index is -0.503. The summed E-state index contributed by atoms with van der Waals surface area (Å²) in [6.45, 7) is 2.28. The van der Waals surface area contributed by atoms with Crippen LogP contribution in [0.15, 0.2) is 24.3 Å². The van der Waals surface area contributed by atoms with E-state index in [1.165, 1.54) is 0 Å². The molecule has 0 N–H and O–H groups in total. The summed E-state index contributed by atoms with van der Waals surface area (Å²) in [5.74, 6) is -0.601. The number of ether oxygens (including phenoxy) is 2. The fourth-order valence-corrected chi connectivity index (χ4v) is 1.37. The first-order valence-electron chi connectivity index (χ1n) is 5.74. The summed E-state index contributed by atoms with van der Waals surface area (Å²) in [6.07, 6.45) is 0.757. The fraction of sp³-hybridized carbons (Fsp3) is 0.385. The highest BCUT2D eigenvalue weighted by Crippen LogP contribution is 2.23. The average molecular weight is 271 g/mol. The van der Waals surface area contributed by atoms with Crippen molar-refractivity contribution in [2.24, 2.45) is 0 Å². The van der Waals surface area contributed by atoms with Crippen LogP contribution >= 0.6 is 11.6 Å². The van der Waals surface area contributed by atoms with E-state index in [4.69, 9.17) is 21.1 Å². The molecule has 0 spiro atoms. The number of esters is 2. The number of para-hydroxylation sites is 1. The van der Waals surface area contributed by atoms with Crippen LogP contribution < -0.4 is 4.74 Å². The number of benzene rings is 1. The molecule has 0 aromatic heterocycles. The summed E-state index contributed by atoms with van der Waals surface area (Å²) in [6, 6.07) is 6.67. The van der Waals surface area contributed by atoms with Gasteiger partial charge < -0.3 is 9.47 Å². The molecule has 98 valence electrons. The van der Waals surface area contributed by atoms with E-state index in [1.54, 1.807) is 24.3 Å². The van der Waals surface area contributed by atoms with Gasteiger partial charge in [-0.25, -0.2) is 0 Å². The van der Waals surface area contributed by atoms with Gasteiger partial charge in [0.25, 0.3) is 0 Å². The van der Waals surface area contributed by atoms with Crippen molar-refractivity contribution in [2.75, 3.05) is 6.61 Å². The molecule has 0 bridgehead atoms. The van der Waals surface area contributed by atoms with Gasteiger partial charge >= 0.3 is 11.9 Å². The Labute approximate surface area is 111 Å². The highest BCUT2D eigenvalue weighted by Gasteiger charge is 2.11. The lowest BCUT2D eigenvalue weighted by Crippen LogP contribution is -2.12. The molecule has 4 nitrogen and oxygen atoms in total. The lowest BCUT2D eigenvalue weighted by molar-refractivity contribution is -0.146. The quantitative estimate of drug-likeness (QED) is 0.589. The Hall–Kier alpha value is -1.55. The summed E-state index contributed by atoms with van der Waals surface area (Å²) in [4.78, 5) is 22.6. The molecule has 0 atom stereocenters. The third-order valence-electron chi connectivity index (χ3n) is 2.06. The molecule has 0 aliphatic heterocycles. The summed E-state index contributed by atoms with van der Waals surface area (Å²) >= 11 is 5.83. The molecule has 0 radical (unpaired) electrons. The molecule has 1 rings (SSSR count). The van der Waals surface area contributed by atoms with Crippen LogP contribution in [0.1, 0.15) is 26.2 Å². The van der Waals surface area contributed by atoms with E-state index in [-0.39, 0.29) is 12.8 Å². The molecule has 0 heterocycles. The molecule has 5 heteroatoms. The van der Waals surface area contributed by atoms with Crippen molar-refractivity contribution in [3.05, 3.63) is 29.3 Å². The van der Waals surface area contributed by atoms with E-state index in [9.17, 15) is 9.59 Å². The molecule has 1 aromatic carbocycles. The van der Waals surface area contributed by atoms with Gasteiger partial charge in [-0.1, -0.05) is 30.7 Å². The maximum absolute atomic E-state index is 11.5. The third kappa shape index (κ3) is 5.19. The van der Waals surface area contributed by atoms with Crippen molar-refractivity contribution in [1.82, 2.24) is 0 Å². The Bertz CT molecular complexity index is 417. The van der Waals surface area contributed by atoms with Crippen LogP contribution in [0.5, 0.6) is 5.75 Å². The second-order valence-corrected chi connectivity index (χ2v) is 4.03. The third-order valence-corrected chi connectivity index (χ3v) is 2.37. The van der Waals surface area contributed by atoms with Crippen molar-refractivity contribution in [2.45, 2.75) is 26.2 Å². The Kier molecular flexibility index (Phi) is 6.22. The van der Waals surface area contributed by atoms with Gasteiger partial charge in [0.1, 0.15) is 5.75 Å². The molecule has 1 aromatic rings. The van der Waals surface area contributed by atoms with Crippen LogP contribution in [-0.4, -0.2) is 18.5 Å². The Morgan fingerprint density at radius 3 is 2.50 bits per heavy atom. The standard InChI is InChI=1S/C13H15ClO4/c1-2-9-17-12(15)7-8-13(16)18-11-6-4-3-5-10(11)14/h3-6H,2,7-9H2,1H3. The Balaban J connectivity index is 2.34. The van der Waals surface area contributed by atoms with Crippen molar-refractivity contribution in [3.63, 3.8) is 0 Å². The first-order chi connectivity index (χ1) is 8.63. The monoisotopic (exact) mass is 270 g/mol. The largest absolute Gasteiger partial charge is 0.466 e. The van der Waals surface area contributed by atoms with Crippen molar-refractivity contribution >= 4 is 23.5 Å². The van der Waals surface area contributed by atoms with Gasteiger partial charge in [0, 0.05) is 0 Å². The van der Waals surface area contributed by atoms with Crippen molar-refractivity contribution in [3.8, 4) is 5.75 Å². The lowest BCUT2D eigenvalue weighted by atomic mass is 10.3. The van der Waals surface area contributed by atoms with Crippen LogP contribution in [0.4, 0.5) is 0 Å². The number of hydrogen-bond acceptors (Lipinski definition) is 4. The number of halogens is 1. The van der Waals surface area contributed by atoms with Crippen molar-refractivity contribution < 1.29 is 19.1 Å². The molecule has 0 unspecified atom stereocenters. The second kappa shape index (κ2) is 7.71. The second-order valence-electron chi connectivity index (χ2n) is 3.62. The van der Waals surface area contributed by atoms with Crippen LogP contribution in [0.25, 0.3) is 0 Å². The highest BCUT2D eigenvalue weighted by atomic mass is 35.5. The summed E-state index contributed by atoms with van der Waals surface area (Å²) in [7, 11) is 0. The minimum Gasteiger partial charge on any atom is -0.466 e. The molecule has 18 heavy (non-hydrogen) atoms. The Morgan fingerprint density at radius 1 is 1.17 bits per heavy atom. The molecule has 0 aliphatic carbocycles. The van der Waals surface area contributed by atoms with E-state index >= 15 is 0 Å². The molecule has 0 saturated heterocycles. The molecular formula is C13H15ClO4. The van der Waals surface area contributed by atoms with Crippen LogP contribution in [0, 0.1) is 0 Å². The zero-order valence-corrected chi connectivity index (χ0v) is 10.9. The topological polar surface area (TPSA) is 52.6 Å². The SMILES string of the molecule is CCCOC(=O)CCC(=O)Oc1ccccc1Cl. The van der Waals surface area contributed by atoms with Gasteiger partial charge in [-0.15, -0.1) is 0 Å². The number of hydrogen-bond donors (Lipinski definition) is 0. The highest BCUT2D eigenvalue weighted by molar-refractivity contribution is 6.32. The smallest absolute Gasteiger partial charge is 0.311 e. The van der Waals surface area contributed by atoms with Gasteiger partial charge in [-0.2, -0.15) is 0 Å². The predicted octanol–water partition coefficient (Wildman–Crippen LogP) is 2.98. The molecule has 0 fully saturated rings. The summed E-state index contributed by atoms with van der Waals surface area (Å²) in [5, 5.41) is 0.361.